The summed E-state index contributed by atoms with van der Waals surface area (Å²) in [7, 11) is 0. The third-order valence-electron chi connectivity index (χ3n) is 2.77. The van der Waals surface area contributed by atoms with E-state index >= 15 is 0 Å². The van der Waals surface area contributed by atoms with Crippen LogP contribution in [0.2, 0.25) is 5.15 Å². The monoisotopic (exact) mass is 361 g/mol. The topological polar surface area (TPSA) is 91.8 Å². The summed E-state index contributed by atoms with van der Waals surface area (Å²) in [5.74, 6) is -5.74. The van der Waals surface area contributed by atoms with Crippen LogP contribution in [0, 0.1) is 5.82 Å². The van der Waals surface area contributed by atoms with Crippen LogP contribution in [0.4, 0.5) is 4.39 Å². The molecule has 7 nitrogen and oxygen atoms in total. The lowest BCUT2D eigenvalue weighted by molar-refractivity contribution is -0.157. The molecule has 0 saturated carbocycles. The molecule has 0 bridgehead atoms. The highest BCUT2D eigenvalue weighted by Gasteiger charge is 2.36. The molecule has 0 aromatic carbocycles. The molecule has 1 rings (SSSR count). The van der Waals surface area contributed by atoms with Gasteiger partial charge in [0.1, 0.15) is 16.7 Å². The van der Waals surface area contributed by atoms with Gasteiger partial charge >= 0.3 is 17.9 Å². The molecule has 0 unspecified atom stereocenters. The van der Waals surface area contributed by atoms with Gasteiger partial charge in [-0.15, -0.1) is 0 Å². The van der Waals surface area contributed by atoms with Crippen LogP contribution in [0.3, 0.4) is 0 Å². The molecule has 1 heterocycles. The highest BCUT2D eigenvalue weighted by Crippen LogP contribution is 2.25. The first-order chi connectivity index (χ1) is 11.4. The van der Waals surface area contributed by atoms with Crippen LogP contribution in [-0.4, -0.2) is 42.7 Å². The van der Waals surface area contributed by atoms with Crippen LogP contribution in [0.5, 0.6) is 0 Å². The van der Waals surface area contributed by atoms with Gasteiger partial charge in [-0.2, -0.15) is 0 Å². The Morgan fingerprint density at radius 1 is 1.08 bits per heavy atom. The number of aromatic nitrogens is 1. The summed E-state index contributed by atoms with van der Waals surface area (Å²) in [6.45, 7) is 4.64. The van der Waals surface area contributed by atoms with Crippen molar-refractivity contribution < 1.29 is 33.0 Å². The van der Waals surface area contributed by atoms with E-state index in [-0.39, 0.29) is 25.4 Å². The molecule has 1 aromatic rings. The molecular formula is C15H17ClFNO6. The maximum atomic E-state index is 14.3. The van der Waals surface area contributed by atoms with Crippen LogP contribution >= 0.6 is 11.6 Å². The van der Waals surface area contributed by atoms with Gasteiger partial charge in [0.25, 0.3) is 0 Å². The molecule has 0 spiro atoms. The predicted molar refractivity (Wildman–Crippen MR) is 81.2 cm³/mol. The van der Waals surface area contributed by atoms with E-state index in [9.17, 15) is 18.8 Å². The number of hydrogen-bond donors (Lipinski definition) is 0. The molecule has 132 valence electrons. The van der Waals surface area contributed by atoms with Gasteiger partial charge in [-0.3, -0.25) is 9.59 Å². The van der Waals surface area contributed by atoms with Gasteiger partial charge in [0, 0.05) is 0 Å². The first kappa shape index (κ1) is 19.8. The van der Waals surface area contributed by atoms with Crippen molar-refractivity contribution in [1.82, 2.24) is 4.98 Å². The first-order valence-electron chi connectivity index (χ1n) is 7.23. The van der Waals surface area contributed by atoms with Crippen molar-refractivity contribution in [2.24, 2.45) is 0 Å². The lowest BCUT2D eigenvalue weighted by Crippen LogP contribution is -2.28. The number of esters is 3. The maximum absolute atomic E-state index is 14.3. The van der Waals surface area contributed by atoms with Crippen molar-refractivity contribution in [3.63, 3.8) is 0 Å². The minimum absolute atomic E-state index is 0.0228. The van der Waals surface area contributed by atoms with Gasteiger partial charge in [0.2, 0.25) is 0 Å². The standard InChI is InChI=1S/C15H17ClFNO6/c1-4-22-13(19)8-7-9(17)11(18-12(8)16)10(14(20)23-5-2)15(21)24-6-3/h7,10H,4-6H2,1-3H3. The van der Waals surface area contributed by atoms with Crippen molar-refractivity contribution in [3.8, 4) is 0 Å². The average Bonchev–Trinajstić information content (AvgIpc) is 2.51. The molecule has 24 heavy (non-hydrogen) atoms. The van der Waals surface area contributed by atoms with E-state index < -0.39 is 40.5 Å². The highest BCUT2D eigenvalue weighted by atomic mass is 35.5. The second-order valence-corrected chi connectivity index (χ2v) is 4.71. The molecule has 0 atom stereocenters. The van der Waals surface area contributed by atoms with Crippen LogP contribution in [-0.2, 0) is 23.8 Å². The van der Waals surface area contributed by atoms with Crippen molar-refractivity contribution >= 4 is 29.5 Å². The third-order valence-corrected chi connectivity index (χ3v) is 3.06. The van der Waals surface area contributed by atoms with Crippen molar-refractivity contribution in [3.05, 3.63) is 28.3 Å². The minimum Gasteiger partial charge on any atom is -0.465 e. The van der Waals surface area contributed by atoms with Gasteiger partial charge < -0.3 is 14.2 Å². The van der Waals surface area contributed by atoms with Crippen LogP contribution in [0.25, 0.3) is 0 Å². The Morgan fingerprint density at radius 2 is 1.58 bits per heavy atom. The molecule has 9 heteroatoms. The van der Waals surface area contributed by atoms with Gasteiger partial charge in [-0.25, -0.2) is 14.2 Å². The molecule has 0 aliphatic heterocycles. The zero-order chi connectivity index (χ0) is 18.3. The Morgan fingerprint density at radius 3 is 2.04 bits per heavy atom. The Labute approximate surface area is 143 Å². The second-order valence-electron chi connectivity index (χ2n) is 4.35. The summed E-state index contributed by atoms with van der Waals surface area (Å²) in [5.41, 5.74) is -0.892. The van der Waals surface area contributed by atoms with E-state index in [1.807, 2.05) is 0 Å². The number of carbonyl (C=O) groups excluding carboxylic acids is 3. The van der Waals surface area contributed by atoms with Gasteiger partial charge in [-0.05, 0) is 26.8 Å². The predicted octanol–water partition coefficient (Wildman–Crippen LogP) is 2.26. The summed E-state index contributed by atoms with van der Waals surface area (Å²) >= 11 is 5.86. The summed E-state index contributed by atoms with van der Waals surface area (Å²) in [5, 5.41) is -0.400. The number of rotatable bonds is 7. The molecule has 0 saturated heterocycles. The quantitative estimate of drug-likeness (QED) is 0.318. The molecule has 0 fully saturated rings. The molecule has 0 N–H and O–H groups in total. The number of nitrogens with zero attached hydrogens (tertiary/aromatic N) is 1. The maximum Gasteiger partial charge on any atom is 0.341 e. The third kappa shape index (κ3) is 4.64. The lowest BCUT2D eigenvalue weighted by atomic mass is 10.0. The zero-order valence-electron chi connectivity index (χ0n) is 13.4. The molecule has 0 aliphatic rings. The summed E-state index contributed by atoms with van der Waals surface area (Å²) in [6, 6.07) is 0.758. The Bertz CT molecular complexity index is 619. The highest BCUT2D eigenvalue weighted by molar-refractivity contribution is 6.32. The number of carbonyl (C=O) groups is 3. The van der Waals surface area contributed by atoms with Crippen LogP contribution in [0.15, 0.2) is 6.07 Å². The fourth-order valence-electron chi connectivity index (χ4n) is 1.80. The Kier molecular flexibility index (Phi) is 7.57. The number of pyridine rings is 1. The first-order valence-corrected chi connectivity index (χ1v) is 7.61. The van der Waals surface area contributed by atoms with Gasteiger partial charge in [-0.1, -0.05) is 11.6 Å². The number of halogens is 2. The fraction of sp³-hybridized carbons (Fsp3) is 0.467. The van der Waals surface area contributed by atoms with E-state index in [0.29, 0.717) is 0 Å². The van der Waals surface area contributed by atoms with Crippen molar-refractivity contribution in [2.45, 2.75) is 26.7 Å². The van der Waals surface area contributed by atoms with Crippen LogP contribution in [0.1, 0.15) is 42.7 Å². The normalized spacial score (nSPS) is 10.4. The second kappa shape index (κ2) is 9.17. The van der Waals surface area contributed by atoms with Crippen molar-refractivity contribution in [2.75, 3.05) is 19.8 Å². The molecule has 0 amide bonds. The van der Waals surface area contributed by atoms with E-state index in [1.165, 1.54) is 13.8 Å². The van der Waals surface area contributed by atoms with Gasteiger partial charge in [0.05, 0.1) is 25.4 Å². The van der Waals surface area contributed by atoms with Crippen LogP contribution < -0.4 is 0 Å². The van der Waals surface area contributed by atoms with E-state index in [4.69, 9.17) is 25.8 Å². The summed E-state index contributed by atoms with van der Waals surface area (Å²) in [6.07, 6.45) is 0. The van der Waals surface area contributed by atoms with Gasteiger partial charge in [0.15, 0.2) is 5.92 Å². The summed E-state index contributed by atoms with van der Waals surface area (Å²) < 4.78 is 28.6. The minimum atomic E-state index is -1.74. The largest absolute Gasteiger partial charge is 0.465 e. The molecule has 0 aliphatic carbocycles. The average molecular weight is 362 g/mol. The van der Waals surface area contributed by atoms with E-state index in [2.05, 4.69) is 4.98 Å². The fourth-order valence-corrected chi connectivity index (χ4v) is 2.03. The SMILES string of the molecule is CCOC(=O)c1cc(F)c(C(C(=O)OCC)C(=O)OCC)nc1Cl. The van der Waals surface area contributed by atoms with Crippen molar-refractivity contribution in [1.29, 1.82) is 0 Å². The Balaban J connectivity index is 3.33. The zero-order valence-corrected chi connectivity index (χ0v) is 14.2. The molecular weight excluding hydrogens is 345 g/mol. The Hall–Kier alpha value is -2.22. The smallest absolute Gasteiger partial charge is 0.341 e. The number of hydrogen-bond acceptors (Lipinski definition) is 7. The molecule has 0 radical (unpaired) electrons. The van der Waals surface area contributed by atoms with E-state index in [0.717, 1.165) is 6.07 Å². The molecule has 1 aromatic heterocycles. The lowest BCUT2D eigenvalue weighted by Gasteiger charge is -2.15. The van der Waals surface area contributed by atoms with E-state index in [1.54, 1.807) is 6.92 Å². The number of ether oxygens (including phenoxy) is 3. The summed E-state index contributed by atoms with van der Waals surface area (Å²) in [4.78, 5) is 39.3.